The van der Waals surface area contributed by atoms with Crippen molar-refractivity contribution in [3.63, 3.8) is 0 Å². The van der Waals surface area contributed by atoms with Crippen LogP contribution in [-0.4, -0.2) is 26.7 Å². The first kappa shape index (κ1) is 15.2. The number of hydrogen-bond acceptors (Lipinski definition) is 7. The summed E-state index contributed by atoms with van der Waals surface area (Å²) in [5.74, 6) is 0.800. The number of nitriles is 1. The van der Waals surface area contributed by atoms with Crippen LogP contribution in [0.25, 0.3) is 10.8 Å². The third-order valence-corrected chi connectivity index (χ3v) is 3.11. The fourth-order valence-corrected chi connectivity index (χ4v) is 2.04. The van der Waals surface area contributed by atoms with E-state index in [9.17, 15) is 0 Å². The number of anilines is 2. The third kappa shape index (κ3) is 3.39. The van der Waals surface area contributed by atoms with Gasteiger partial charge in [0.05, 0.1) is 6.20 Å². The van der Waals surface area contributed by atoms with Gasteiger partial charge in [-0.1, -0.05) is 30.8 Å². The molecule has 0 bridgehead atoms. The van der Waals surface area contributed by atoms with E-state index in [2.05, 4.69) is 26.8 Å². The van der Waals surface area contributed by atoms with Crippen molar-refractivity contribution in [2.24, 2.45) is 0 Å². The number of aromatic nitrogens is 3. The molecule has 3 rings (SSSR count). The number of nitrogens with one attached hydrogen (secondary N) is 1. The van der Waals surface area contributed by atoms with Gasteiger partial charge in [-0.2, -0.15) is 10.2 Å². The summed E-state index contributed by atoms with van der Waals surface area (Å²) in [5.41, 5.74) is 0.0215. The van der Waals surface area contributed by atoms with Gasteiger partial charge in [-0.3, -0.25) is 0 Å². The van der Waals surface area contributed by atoms with Crippen LogP contribution in [0.2, 0.25) is 0 Å². The van der Waals surface area contributed by atoms with E-state index in [-0.39, 0.29) is 23.9 Å². The van der Waals surface area contributed by atoms with Crippen molar-refractivity contribution in [3.05, 3.63) is 60.8 Å². The molecule has 24 heavy (non-hydrogen) atoms. The number of benzene rings is 1. The van der Waals surface area contributed by atoms with Crippen molar-refractivity contribution in [1.29, 1.82) is 5.26 Å². The van der Waals surface area contributed by atoms with Gasteiger partial charge >= 0.3 is 0 Å². The molecule has 2 aromatic heterocycles. The van der Waals surface area contributed by atoms with E-state index in [1.54, 1.807) is 6.20 Å². The van der Waals surface area contributed by atoms with Gasteiger partial charge in [0.2, 0.25) is 5.69 Å². The van der Waals surface area contributed by atoms with Crippen LogP contribution in [0.1, 0.15) is 5.69 Å². The molecule has 1 aromatic carbocycles. The van der Waals surface area contributed by atoms with Gasteiger partial charge in [0.1, 0.15) is 24.3 Å². The number of rotatable bonds is 5. The van der Waals surface area contributed by atoms with Crippen LogP contribution < -0.4 is 10.1 Å². The molecule has 7 nitrogen and oxygen atoms in total. The second kappa shape index (κ2) is 6.62. The van der Waals surface area contributed by atoms with Crippen LogP contribution in [-0.2, 0) is 0 Å². The van der Waals surface area contributed by atoms with Crippen LogP contribution in [0.5, 0.6) is 5.88 Å². The Morgan fingerprint density at radius 3 is 2.75 bits per heavy atom. The van der Waals surface area contributed by atoms with Crippen LogP contribution in [0, 0.1) is 11.3 Å². The second-order valence-electron chi connectivity index (χ2n) is 4.92. The van der Waals surface area contributed by atoms with Crippen molar-refractivity contribution in [2.45, 2.75) is 0 Å². The smallest absolute Gasteiger partial charge is 0.253 e. The van der Waals surface area contributed by atoms with Crippen LogP contribution in [0.4, 0.5) is 11.6 Å². The minimum atomic E-state index is -0.171. The van der Waals surface area contributed by atoms with Crippen molar-refractivity contribution >= 4 is 22.4 Å². The first-order chi connectivity index (χ1) is 11.7. The summed E-state index contributed by atoms with van der Waals surface area (Å²) < 4.78 is 5.23. The summed E-state index contributed by atoms with van der Waals surface area (Å²) in [7, 11) is 0. The first-order valence-electron chi connectivity index (χ1n) is 7.04. The molecule has 3 aromatic rings. The maximum atomic E-state index is 9.11. The molecule has 0 unspecified atom stereocenters. The lowest BCUT2D eigenvalue weighted by Crippen LogP contribution is -2.06. The van der Waals surface area contributed by atoms with Gasteiger partial charge in [-0.15, -0.1) is 0 Å². The van der Waals surface area contributed by atoms with Gasteiger partial charge in [-0.05, 0) is 11.5 Å². The monoisotopic (exact) mass is 319 g/mol. The third-order valence-electron chi connectivity index (χ3n) is 3.11. The molecule has 0 radical (unpaired) electrons. The minimum Gasteiger partial charge on any atom is -0.509 e. The standard InChI is InChI=1S/C17H13N5O2/c1-11(23)10-24-17-14(7-18)19-9-16(22-17)21-15-6-12-4-2-3-5-13(12)8-20-15/h2-6,8-9,23H,1,10H2,(H,20,21,22). The maximum Gasteiger partial charge on any atom is 0.253 e. The molecule has 7 heteroatoms. The highest BCUT2D eigenvalue weighted by Gasteiger charge is 2.10. The van der Waals surface area contributed by atoms with Crippen molar-refractivity contribution in [3.8, 4) is 11.9 Å². The first-order valence-corrected chi connectivity index (χ1v) is 7.04. The average molecular weight is 319 g/mol. The predicted octanol–water partition coefficient (Wildman–Crippen LogP) is 3.09. The lowest BCUT2D eigenvalue weighted by molar-refractivity contribution is 0.263. The van der Waals surface area contributed by atoms with E-state index in [0.29, 0.717) is 11.6 Å². The largest absolute Gasteiger partial charge is 0.509 e. The molecule has 0 spiro atoms. The Balaban J connectivity index is 1.86. The van der Waals surface area contributed by atoms with Gasteiger partial charge < -0.3 is 15.2 Å². The zero-order valence-corrected chi connectivity index (χ0v) is 12.6. The molecule has 0 fully saturated rings. The number of pyridine rings is 1. The number of nitrogens with zero attached hydrogens (tertiary/aromatic N) is 4. The number of aliphatic hydroxyl groups excluding tert-OH is 1. The fourth-order valence-electron chi connectivity index (χ4n) is 2.04. The van der Waals surface area contributed by atoms with Crippen molar-refractivity contribution < 1.29 is 9.84 Å². The van der Waals surface area contributed by atoms with E-state index in [0.717, 1.165) is 10.8 Å². The topological polar surface area (TPSA) is 104 Å². The summed E-state index contributed by atoms with van der Waals surface area (Å²) in [5, 5.41) is 23.2. The lowest BCUT2D eigenvalue weighted by Gasteiger charge is -2.09. The molecule has 0 aliphatic carbocycles. The highest BCUT2D eigenvalue weighted by Crippen LogP contribution is 2.21. The molecular weight excluding hydrogens is 306 g/mol. The fraction of sp³-hybridized carbons (Fsp3) is 0.0588. The molecule has 0 amide bonds. The summed E-state index contributed by atoms with van der Waals surface area (Å²) in [4.78, 5) is 12.5. The number of fused-ring (bicyclic) bond motifs is 1. The summed E-state index contributed by atoms with van der Waals surface area (Å²) in [6.07, 6.45) is 3.16. The quantitative estimate of drug-likeness (QED) is 0.696. The molecule has 2 N–H and O–H groups in total. The van der Waals surface area contributed by atoms with Crippen LogP contribution in [0.3, 0.4) is 0 Å². The Labute approximate surface area is 137 Å². The lowest BCUT2D eigenvalue weighted by atomic mass is 10.2. The number of hydrogen-bond donors (Lipinski definition) is 2. The van der Waals surface area contributed by atoms with Gasteiger partial charge in [0, 0.05) is 11.6 Å². The Bertz CT molecular complexity index is 949. The summed E-state index contributed by atoms with van der Waals surface area (Å²) >= 11 is 0. The van der Waals surface area contributed by atoms with E-state index in [1.807, 2.05) is 36.4 Å². The number of aliphatic hydroxyl groups is 1. The van der Waals surface area contributed by atoms with Gasteiger partial charge in [0.25, 0.3) is 5.88 Å². The zero-order valence-electron chi connectivity index (χ0n) is 12.6. The number of ether oxygens (including phenoxy) is 1. The highest BCUT2D eigenvalue weighted by molar-refractivity contribution is 5.84. The molecule has 0 saturated carbocycles. The summed E-state index contributed by atoms with van der Waals surface area (Å²) in [6, 6.07) is 11.6. The van der Waals surface area contributed by atoms with Gasteiger partial charge in [0.15, 0.2) is 5.82 Å². The molecule has 0 aliphatic rings. The predicted molar refractivity (Wildman–Crippen MR) is 89.0 cm³/mol. The average Bonchev–Trinajstić information content (AvgIpc) is 2.60. The van der Waals surface area contributed by atoms with Crippen LogP contribution >= 0.6 is 0 Å². The Kier molecular flexibility index (Phi) is 4.21. The van der Waals surface area contributed by atoms with E-state index in [1.165, 1.54) is 6.20 Å². The minimum absolute atomic E-state index is 0.0125. The summed E-state index contributed by atoms with van der Waals surface area (Å²) in [6.45, 7) is 3.15. The maximum absolute atomic E-state index is 9.11. The molecular formula is C17H13N5O2. The molecule has 2 heterocycles. The molecule has 0 aliphatic heterocycles. The zero-order chi connectivity index (χ0) is 16.9. The Morgan fingerprint density at radius 2 is 2.00 bits per heavy atom. The van der Waals surface area contributed by atoms with E-state index in [4.69, 9.17) is 15.1 Å². The highest BCUT2D eigenvalue weighted by atomic mass is 16.5. The Hall–Kier alpha value is -3.66. The Morgan fingerprint density at radius 1 is 1.21 bits per heavy atom. The van der Waals surface area contributed by atoms with E-state index < -0.39 is 0 Å². The van der Waals surface area contributed by atoms with Crippen molar-refractivity contribution in [2.75, 3.05) is 11.9 Å². The van der Waals surface area contributed by atoms with E-state index >= 15 is 0 Å². The second-order valence-corrected chi connectivity index (χ2v) is 4.92. The SMILES string of the molecule is C=C(O)COc1nc(Nc2cc3ccccc3cn2)cnc1C#N. The van der Waals surface area contributed by atoms with Crippen molar-refractivity contribution in [1.82, 2.24) is 15.0 Å². The molecule has 0 atom stereocenters. The van der Waals surface area contributed by atoms with Crippen LogP contribution in [0.15, 0.2) is 55.1 Å². The van der Waals surface area contributed by atoms with Gasteiger partial charge in [-0.25, -0.2) is 9.97 Å². The molecule has 0 saturated heterocycles. The normalized spacial score (nSPS) is 10.1. The molecule has 118 valence electrons.